The third kappa shape index (κ3) is 5.66. The fourth-order valence-corrected chi connectivity index (χ4v) is 5.00. The third-order valence-corrected chi connectivity index (χ3v) is 6.56. The molecule has 166 valence electrons. The fourth-order valence-electron chi connectivity index (χ4n) is 5.00. The number of hydrogen-bond donors (Lipinski definition) is 2. The number of rotatable bonds is 5. The van der Waals surface area contributed by atoms with Gasteiger partial charge in [0.05, 0.1) is 6.54 Å². The second-order valence-electron chi connectivity index (χ2n) is 8.74. The SMILES string of the molecule is CCNC(=NCc1cccc(NC(=O)C2CCCO2)c1)N1CCC2(CCCC2)C1.I. The molecule has 1 spiro atoms. The Labute approximate surface area is 197 Å². The van der Waals surface area contributed by atoms with Gasteiger partial charge in [-0.15, -0.1) is 24.0 Å². The minimum Gasteiger partial charge on any atom is -0.368 e. The Bertz CT molecular complexity index is 742. The van der Waals surface area contributed by atoms with Crippen molar-refractivity contribution >= 4 is 41.5 Å². The van der Waals surface area contributed by atoms with Crippen LogP contribution < -0.4 is 10.6 Å². The maximum absolute atomic E-state index is 12.3. The van der Waals surface area contributed by atoms with Crippen LogP contribution in [0.3, 0.4) is 0 Å². The van der Waals surface area contributed by atoms with Crippen LogP contribution in [0.1, 0.15) is 57.4 Å². The lowest BCUT2D eigenvalue weighted by Gasteiger charge is -2.26. The molecule has 7 heteroatoms. The van der Waals surface area contributed by atoms with Crippen molar-refractivity contribution < 1.29 is 9.53 Å². The Hall–Kier alpha value is -1.35. The lowest BCUT2D eigenvalue weighted by atomic mass is 9.86. The number of hydrogen-bond acceptors (Lipinski definition) is 3. The summed E-state index contributed by atoms with van der Waals surface area (Å²) >= 11 is 0. The molecule has 0 aromatic heterocycles. The Morgan fingerprint density at radius 1 is 1.27 bits per heavy atom. The molecule has 2 N–H and O–H groups in total. The quantitative estimate of drug-likeness (QED) is 0.344. The molecule has 1 atom stereocenters. The molecule has 1 saturated carbocycles. The van der Waals surface area contributed by atoms with Crippen LogP contribution in [0.2, 0.25) is 0 Å². The highest BCUT2D eigenvalue weighted by Gasteiger charge is 2.41. The third-order valence-electron chi connectivity index (χ3n) is 6.56. The van der Waals surface area contributed by atoms with E-state index in [1.54, 1.807) is 0 Å². The number of halogens is 1. The number of aliphatic imine (C=N–C) groups is 1. The molecule has 2 saturated heterocycles. The number of carbonyl (C=O) groups excluding carboxylic acids is 1. The van der Waals surface area contributed by atoms with Crippen LogP contribution in [0.4, 0.5) is 5.69 Å². The minimum atomic E-state index is -0.310. The van der Waals surface area contributed by atoms with Crippen molar-refractivity contribution in [3.63, 3.8) is 0 Å². The molecule has 30 heavy (non-hydrogen) atoms. The van der Waals surface area contributed by atoms with Gasteiger partial charge in [-0.1, -0.05) is 25.0 Å². The summed E-state index contributed by atoms with van der Waals surface area (Å²) in [6, 6.07) is 7.99. The van der Waals surface area contributed by atoms with Gasteiger partial charge in [0.25, 0.3) is 5.91 Å². The van der Waals surface area contributed by atoms with E-state index in [9.17, 15) is 4.79 Å². The van der Waals surface area contributed by atoms with E-state index in [0.29, 0.717) is 18.6 Å². The highest BCUT2D eigenvalue weighted by atomic mass is 127. The van der Waals surface area contributed by atoms with Crippen molar-refractivity contribution in [2.45, 2.75) is 64.5 Å². The Kier molecular flexibility index (Phi) is 8.39. The molecule has 1 aromatic carbocycles. The second kappa shape index (κ2) is 10.8. The van der Waals surface area contributed by atoms with Gasteiger partial charge in [0.2, 0.25) is 0 Å². The maximum Gasteiger partial charge on any atom is 0.253 e. The molecule has 1 unspecified atom stereocenters. The highest BCUT2D eigenvalue weighted by molar-refractivity contribution is 14.0. The number of guanidine groups is 1. The van der Waals surface area contributed by atoms with Crippen molar-refractivity contribution in [3.8, 4) is 0 Å². The van der Waals surface area contributed by atoms with Crippen molar-refractivity contribution in [1.82, 2.24) is 10.2 Å². The zero-order valence-corrected chi connectivity index (χ0v) is 20.3. The Morgan fingerprint density at radius 2 is 2.10 bits per heavy atom. The maximum atomic E-state index is 12.3. The number of anilines is 1. The summed E-state index contributed by atoms with van der Waals surface area (Å²) in [5.41, 5.74) is 2.44. The first-order valence-corrected chi connectivity index (χ1v) is 11.2. The smallest absolute Gasteiger partial charge is 0.253 e. The molecule has 3 aliphatic rings. The largest absolute Gasteiger partial charge is 0.368 e. The monoisotopic (exact) mass is 526 g/mol. The van der Waals surface area contributed by atoms with E-state index in [-0.39, 0.29) is 36.0 Å². The average Bonchev–Trinajstić information content (AvgIpc) is 3.49. The van der Waals surface area contributed by atoms with Gasteiger partial charge in [0.1, 0.15) is 6.10 Å². The number of nitrogens with one attached hydrogen (secondary N) is 2. The van der Waals surface area contributed by atoms with Crippen molar-refractivity contribution in [3.05, 3.63) is 29.8 Å². The summed E-state index contributed by atoms with van der Waals surface area (Å²) in [7, 11) is 0. The molecular weight excluding hydrogens is 491 g/mol. The van der Waals surface area contributed by atoms with Gasteiger partial charge in [-0.25, -0.2) is 4.99 Å². The number of likely N-dealkylation sites (tertiary alicyclic amines) is 1. The molecule has 0 radical (unpaired) electrons. The molecule has 1 amide bonds. The predicted molar refractivity (Wildman–Crippen MR) is 131 cm³/mol. The highest BCUT2D eigenvalue weighted by Crippen LogP contribution is 2.45. The molecule has 1 aliphatic carbocycles. The molecule has 4 rings (SSSR count). The van der Waals surface area contributed by atoms with Gasteiger partial charge in [-0.3, -0.25) is 4.79 Å². The lowest BCUT2D eigenvalue weighted by molar-refractivity contribution is -0.124. The van der Waals surface area contributed by atoms with E-state index in [1.807, 2.05) is 18.2 Å². The molecular formula is C23H35IN4O2. The van der Waals surface area contributed by atoms with E-state index in [0.717, 1.165) is 49.7 Å². The molecule has 3 fully saturated rings. The van der Waals surface area contributed by atoms with Crippen LogP contribution in [0.5, 0.6) is 0 Å². The zero-order chi connectivity index (χ0) is 20.1. The van der Waals surface area contributed by atoms with Crippen LogP contribution in [-0.4, -0.2) is 49.1 Å². The van der Waals surface area contributed by atoms with Crippen LogP contribution in [0, 0.1) is 5.41 Å². The first-order chi connectivity index (χ1) is 14.2. The average molecular weight is 526 g/mol. The molecule has 1 aromatic rings. The molecule has 2 aliphatic heterocycles. The molecule has 2 heterocycles. The van der Waals surface area contributed by atoms with E-state index in [2.05, 4.69) is 28.5 Å². The van der Waals surface area contributed by atoms with Gasteiger partial charge >= 0.3 is 0 Å². The van der Waals surface area contributed by atoms with Crippen LogP contribution in [0.15, 0.2) is 29.3 Å². The Balaban J connectivity index is 0.00000256. The van der Waals surface area contributed by atoms with Crippen molar-refractivity contribution in [2.75, 3.05) is 31.6 Å². The fraction of sp³-hybridized carbons (Fsp3) is 0.652. The summed E-state index contributed by atoms with van der Waals surface area (Å²) in [6.45, 7) is 6.52. The van der Waals surface area contributed by atoms with Crippen molar-refractivity contribution in [2.24, 2.45) is 10.4 Å². The first kappa shape index (κ1) is 23.3. The van der Waals surface area contributed by atoms with Gasteiger partial charge in [0.15, 0.2) is 5.96 Å². The standard InChI is InChI=1S/C23H34N4O2.HI/c1-2-24-22(27-13-12-23(17-27)10-3-4-11-23)25-16-18-7-5-8-19(15-18)26-21(28)20-9-6-14-29-20;/h5,7-8,15,20H,2-4,6,9-14,16-17H2,1H3,(H,24,25)(H,26,28);1H. The summed E-state index contributed by atoms with van der Waals surface area (Å²) in [6.07, 6.45) is 8.25. The van der Waals surface area contributed by atoms with Gasteiger partial charge in [0, 0.05) is 31.9 Å². The number of ether oxygens (including phenoxy) is 1. The van der Waals surface area contributed by atoms with E-state index in [1.165, 1.54) is 32.1 Å². The summed E-state index contributed by atoms with van der Waals surface area (Å²) in [5.74, 6) is 0.973. The number of carbonyl (C=O) groups is 1. The van der Waals surface area contributed by atoms with E-state index < -0.39 is 0 Å². The Morgan fingerprint density at radius 3 is 2.83 bits per heavy atom. The first-order valence-electron chi connectivity index (χ1n) is 11.2. The molecule has 0 bridgehead atoms. The summed E-state index contributed by atoms with van der Waals surface area (Å²) < 4.78 is 5.47. The van der Waals surface area contributed by atoms with Gasteiger partial charge in [-0.05, 0) is 62.1 Å². The number of nitrogens with zero attached hydrogens (tertiary/aromatic N) is 2. The van der Waals surface area contributed by atoms with Crippen molar-refractivity contribution in [1.29, 1.82) is 0 Å². The summed E-state index contributed by atoms with van der Waals surface area (Å²) in [5, 5.41) is 6.46. The van der Waals surface area contributed by atoms with E-state index >= 15 is 0 Å². The van der Waals surface area contributed by atoms with Crippen LogP contribution in [-0.2, 0) is 16.1 Å². The second-order valence-corrected chi connectivity index (χ2v) is 8.74. The van der Waals surface area contributed by atoms with Gasteiger partial charge in [-0.2, -0.15) is 0 Å². The van der Waals surface area contributed by atoms with Crippen LogP contribution >= 0.6 is 24.0 Å². The lowest BCUT2D eigenvalue weighted by Crippen LogP contribution is -2.41. The predicted octanol–water partition coefficient (Wildman–Crippen LogP) is 4.15. The normalized spacial score (nSPS) is 22.9. The van der Waals surface area contributed by atoms with Crippen LogP contribution in [0.25, 0.3) is 0 Å². The minimum absolute atomic E-state index is 0. The number of amides is 1. The zero-order valence-electron chi connectivity index (χ0n) is 18.0. The molecule has 6 nitrogen and oxygen atoms in total. The van der Waals surface area contributed by atoms with Gasteiger partial charge < -0.3 is 20.3 Å². The topological polar surface area (TPSA) is 66.0 Å². The number of benzene rings is 1. The van der Waals surface area contributed by atoms with E-state index in [4.69, 9.17) is 9.73 Å². The summed E-state index contributed by atoms with van der Waals surface area (Å²) in [4.78, 5) is 19.6.